The molecule has 1 fully saturated rings. The lowest BCUT2D eigenvalue weighted by atomic mass is 9.99. The van der Waals surface area contributed by atoms with Gasteiger partial charge >= 0.3 is 0 Å². The van der Waals surface area contributed by atoms with E-state index in [1.54, 1.807) is 18.7 Å². The first-order chi connectivity index (χ1) is 15.4. The van der Waals surface area contributed by atoms with E-state index in [9.17, 15) is 19.6 Å². The van der Waals surface area contributed by atoms with Gasteiger partial charge in [0.1, 0.15) is 17.7 Å². The molecule has 1 aliphatic heterocycles. The van der Waals surface area contributed by atoms with Crippen LogP contribution in [0.4, 0.5) is 5.13 Å². The number of aromatic nitrogens is 2. The van der Waals surface area contributed by atoms with Crippen molar-refractivity contribution in [3.8, 4) is 6.07 Å². The standard InChI is InChI=1S/C23H23N5O3S/c1-13-15(14(2)25-21(30)16(13)12-24)9-10-20(29)28-11-5-7-18(28)22(31)27-23-26-17-6-3-4-8-19(17)32-23/h3-4,6,8,18H,5,7,9-11H2,1-2H3,(H,25,30)(H,26,27,31). The number of pyridine rings is 1. The summed E-state index contributed by atoms with van der Waals surface area (Å²) < 4.78 is 0.991. The number of aromatic amines is 1. The van der Waals surface area contributed by atoms with Gasteiger partial charge in [0.25, 0.3) is 5.56 Å². The summed E-state index contributed by atoms with van der Waals surface area (Å²) in [6.45, 7) is 4.02. The summed E-state index contributed by atoms with van der Waals surface area (Å²) in [5, 5.41) is 12.6. The Balaban J connectivity index is 1.44. The number of benzene rings is 1. The maximum atomic E-state index is 13.0. The number of carbonyl (C=O) groups is 2. The zero-order valence-electron chi connectivity index (χ0n) is 17.9. The molecule has 2 aromatic heterocycles. The van der Waals surface area contributed by atoms with Gasteiger partial charge in [0.05, 0.1) is 10.2 Å². The molecule has 0 spiro atoms. The minimum absolute atomic E-state index is 0.0762. The van der Waals surface area contributed by atoms with Gasteiger partial charge in [-0.3, -0.25) is 14.4 Å². The number of anilines is 1. The molecule has 3 aromatic rings. The normalized spacial score (nSPS) is 15.7. The average molecular weight is 450 g/mol. The SMILES string of the molecule is Cc1[nH]c(=O)c(C#N)c(C)c1CCC(=O)N1CCCC1C(=O)Nc1nc2ccccc2s1. The second-order valence-corrected chi connectivity index (χ2v) is 8.92. The van der Waals surface area contributed by atoms with Gasteiger partial charge in [0.2, 0.25) is 11.8 Å². The topological polar surface area (TPSA) is 119 Å². The molecule has 1 unspecified atom stereocenters. The highest BCUT2D eigenvalue weighted by molar-refractivity contribution is 7.22. The van der Waals surface area contributed by atoms with Gasteiger partial charge in [0, 0.05) is 18.7 Å². The van der Waals surface area contributed by atoms with Gasteiger partial charge in [-0.1, -0.05) is 23.5 Å². The van der Waals surface area contributed by atoms with Crippen LogP contribution in [0.1, 0.15) is 41.6 Å². The Bertz CT molecular complexity index is 1270. The molecule has 1 aromatic carbocycles. The smallest absolute Gasteiger partial charge is 0.266 e. The summed E-state index contributed by atoms with van der Waals surface area (Å²) in [6.07, 6.45) is 1.96. The molecule has 0 radical (unpaired) electrons. The highest BCUT2D eigenvalue weighted by atomic mass is 32.1. The van der Waals surface area contributed by atoms with Crippen LogP contribution in [0.5, 0.6) is 0 Å². The Morgan fingerprint density at radius 3 is 2.88 bits per heavy atom. The Kier molecular flexibility index (Phi) is 6.06. The van der Waals surface area contributed by atoms with Crippen LogP contribution in [-0.2, 0) is 16.0 Å². The third-order valence-corrected chi connectivity index (χ3v) is 6.86. The summed E-state index contributed by atoms with van der Waals surface area (Å²) in [5.41, 5.74) is 2.55. The average Bonchev–Trinajstić information content (AvgIpc) is 3.40. The van der Waals surface area contributed by atoms with E-state index >= 15 is 0 Å². The highest BCUT2D eigenvalue weighted by Gasteiger charge is 2.34. The molecule has 2 N–H and O–H groups in total. The number of hydrogen-bond donors (Lipinski definition) is 2. The summed E-state index contributed by atoms with van der Waals surface area (Å²) in [4.78, 5) is 46.5. The fraction of sp³-hybridized carbons (Fsp3) is 0.348. The molecule has 9 heteroatoms. The van der Waals surface area contributed by atoms with Crippen LogP contribution in [0.2, 0.25) is 0 Å². The van der Waals surface area contributed by atoms with E-state index in [2.05, 4.69) is 15.3 Å². The summed E-state index contributed by atoms with van der Waals surface area (Å²) in [5.74, 6) is -0.339. The van der Waals surface area contributed by atoms with Crippen molar-refractivity contribution in [3.05, 3.63) is 57.0 Å². The van der Waals surface area contributed by atoms with Crippen molar-refractivity contribution in [3.63, 3.8) is 0 Å². The number of nitrogens with zero attached hydrogens (tertiary/aromatic N) is 3. The molecule has 2 amide bonds. The molecule has 0 bridgehead atoms. The molecule has 32 heavy (non-hydrogen) atoms. The number of hydrogen-bond acceptors (Lipinski definition) is 6. The molecule has 1 atom stereocenters. The van der Waals surface area contributed by atoms with Gasteiger partial charge < -0.3 is 15.2 Å². The van der Waals surface area contributed by atoms with Gasteiger partial charge in [-0.15, -0.1) is 0 Å². The monoisotopic (exact) mass is 449 g/mol. The summed E-state index contributed by atoms with van der Waals surface area (Å²) in [7, 11) is 0. The largest absolute Gasteiger partial charge is 0.331 e. The number of carbonyl (C=O) groups excluding carboxylic acids is 2. The number of aryl methyl sites for hydroxylation is 1. The number of nitriles is 1. The number of para-hydroxylation sites is 1. The Labute approximate surface area is 188 Å². The number of thiazole rings is 1. The van der Waals surface area contributed by atoms with Crippen molar-refractivity contribution in [2.24, 2.45) is 0 Å². The second-order valence-electron chi connectivity index (χ2n) is 7.89. The second kappa shape index (κ2) is 8.93. The van der Waals surface area contributed by atoms with E-state index in [0.29, 0.717) is 35.8 Å². The number of nitrogens with one attached hydrogen (secondary N) is 2. The number of likely N-dealkylation sites (tertiary alicyclic amines) is 1. The van der Waals surface area contributed by atoms with E-state index in [-0.39, 0.29) is 23.8 Å². The fourth-order valence-corrected chi connectivity index (χ4v) is 5.12. The lowest BCUT2D eigenvalue weighted by Crippen LogP contribution is -2.43. The summed E-state index contributed by atoms with van der Waals surface area (Å²) in [6, 6.07) is 9.08. The third kappa shape index (κ3) is 4.14. The number of rotatable bonds is 5. The van der Waals surface area contributed by atoms with Crippen molar-refractivity contribution in [1.29, 1.82) is 5.26 Å². The van der Waals surface area contributed by atoms with Crippen molar-refractivity contribution < 1.29 is 9.59 Å². The van der Waals surface area contributed by atoms with E-state index in [0.717, 1.165) is 22.2 Å². The van der Waals surface area contributed by atoms with Crippen molar-refractivity contribution >= 4 is 38.5 Å². The minimum Gasteiger partial charge on any atom is -0.331 e. The molecule has 0 saturated carbocycles. The van der Waals surface area contributed by atoms with Crippen molar-refractivity contribution in [2.75, 3.05) is 11.9 Å². The first-order valence-corrected chi connectivity index (χ1v) is 11.3. The molecule has 3 heterocycles. The van der Waals surface area contributed by atoms with Gasteiger partial charge in [-0.25, -0.2) is 4.98 Å². The van der Waals surface area contributed by atoms with Crippen LogP contribution < -0.4 is 10.9 Å². The van der Waals surface area contributed by atoms with Gasteiger partial charge in [0.15, 0.2) is 5.13 Å². The lowest BCUT2D eigenvalue weighted by molar-refractivity contribution is -0.136. The summed E-state index contributed by atoms with van der Waals surface area (Å²) >= 11 is 1.41. The Morgan fingerprint density at radius 1 is 1.34 bits per heavy atom. The van der Waals surface area contributed by atoms with E-state index in [1.165, 1.54) is 11.3 Å². The Hall–Kier alpha value is -3.51. The molecule has 0 aliphatic carbocycles. The number of amides is 2. The molecule has 164 valence electrons. The van der Waals surface area contributed by atoms with Gasteiger partial charge in [-0.05, 0) is 56.4 Å². The molecular weight excluding hydrogens is 426 g/mol. The zero-order valence-corrected chi connectivity index (χ0v) is 18.7. The lowest BCUT2D eigenvalue weighted by Gasteiger charge is -2.24. The molecule has 1 aliphatic rings. The van der Waals surface area contributed by atoms with E-state index in [1.807, 2.05) is 30.3 Å². The minimum atomic E-state index is -0.526. The number of H-pyrrole nitrogens is 1. The van der Waals surface area contributed by atoms with E-state index in [4.69, 9.17) is 0 Å². The molecule has 4 rings (SSSR count). The van der Waals surface area contributed by atoms with Crippen LogP contribution >= 0.6 is 11.3 Å². The van der Waals surface area contributed by atoms with Crippen LogP contribution in [0, 0.1) is 25.2 Å². The zero-order chi connectivity index (χ0) is 22.8. The maximum absolute atomic E-state index is 13.0. The third-order valence-electron chi connectivity index (χ3n) is 5.91. The Morgan fingerprint density at radius 2 is 2.12 bits per heavy atom. The molecule has 1 saturated heterocycles. The molecular formula is C23H23N5O3S. The first-order valence-electron chi connectivity index (χ1n) is 10.5. The first kappa shape index (κ1) is 21.7. The van der Waals surface area contributed by atoms with Gasteiger partial charge in [-0.2, -0.15) is 5.26 Å². The van der Waals surface area contributed by atoms with Crippen LogP contribution in [-0.4, -0.2) is 39.3 Å². The number of fused-ring (bicyclic) bond motifs is 1. The quantitative estimate of drug-likeness (QED) is 0.621. The highest BCUT2D eigenvalue weighted by Crippen LogP contribution is 2.27. The van der Waals surface area contributed by atoms with Crippen LogP contribution in [0.15, 0.2) is 29.1 Å². The fourth-order valence-electron chi connectivity index (χ4n) is 4.25. The van der Waals surface area contributed by atoms with Crippen molar-refractivity contribution in [2.45, 2.75) is 45.6 Å². The maximum Gasteiger partial charge on any atom is 0.266 e. The predicted octanol–water partition coefficient (Wildman–Crippen LogP) is 3.04. The van der Waals surface area contributed by atoms with E-state index < -0.39 is 11.6 Å². The van der Waals surface area contributed by atoms with Crippen LogP contribution in [0.3, 0.4) is 0 Å². The van der Waals surface area contributed by atoms with Crippen molar-refractivity contribution in [1.82, 2.24) is 14.9 Å². The van der Waals surface area contributed by atoms with Crippen LogP contribution in [0.25, 0.3) is 10.2 Å². The molecule has 8 nitrogen and oxygen atoms in total. The predicted molar refractivity (Wildman–Crippen MR) is 123 cm³/mol.